The van der Waals surface area contributed by atoms with Gasteiger partial charge in [0.25, 0.3) is 0 Å². The number of aliphatic imine (C=N–C) groups is 1. The van der Waals surface area contributed by atoms with Crippen molar-refractivity contribution >= 4 is 46.8 Å². The van der Waals surface area contributed by atoms with E-state index in [1.807, 2.05) is 0 Å². The summed E-state index contributed by atoms with van der Waals surface area (Å²) >= 11 is 11.6. The van der Waals surface area contributed by atoms with Gasteiger partial charge in [0, 0.05) is 0 Å². The predicted molar refractivity (Wildman–Crippen MR) is 102 cm³/mol. The monoisotopic (exact) mass is 431 g/mol. The van der Waals surface area contributed by atoms with E-state index in [1.165, 1.54) is 19.1 Å². The molecule has 28 heavy (non-hydrogen) atoms. The smallest absolute Gasteiger partial charge is 0.460 e. The Bertz CT molecular complexity index is 897. The third-order valence-electron chi connectivity index (χ3n) is 3.16. The predicted octanol–water partition coefficient (Wildman–Crippen LogP) is 6.21. The van der Waals surface area contributed by atoms with E-state index in [9.17, 15) is 18.0 Å². The van der Waals surface area contributed by atoms with Crippen LogP contribution in [0.2, 0.25) is 10.0 Å². The SMILES string of the molecule is CCOC(=O)/C(=C\c1ccccc1)OC(=Nc1ccc(Cl)c(Cl)c1)C(F)(F)F. The molecule has 0 aliphatic carbocycles. The molecule has 0 bridgehead atoms. The van der Waals surface area contributed by atoms with Gasteiger partial charge in [-0.1, -0.05) is 53.5 Å². The normalized spacial score (nSPS) is 12.6. The molecule has 0 N–H and O–H groups in total. The standard InChI is InChI=1S/C19H14Cl2F3NO3/c1-2-27-17(26)16(10-12-6-4-3-5-7-12)28-18(19(22,23)24)25-13-8-9-14(20)15(21)11-13/h3-11H,2H2,1H3/b16-10+,25-18?. The van der Waals surface area contributed by atoms with E-state index in [4.69, 9.17) is 32.7 Å². The minimum atomic E-state index is -4.98. The lowest BCUT2D eigenvalue weighted by atomic mass is 10.2. The van der Waals surface area contributed by atoms with Gasteiger partial charge >= 0.3 is 18.0 Å². The number of ether oxygens (including phenoxy) is 2. The van der Waals surface area contributed by atoms with Crippen molar-refractivity contribution in [2.24, 2.45) is 4.99 Å². The zero-order valence-electron chi connectivity index (χ0n) is 14.5. The maximum atomic E-state index is 13.4. The van der Waals surface area contributed by atoms with Gasteiger partial charge in [0.15, 0.2) is 0 Å². The van der Waals surface area contributed by atoms with Crippen LogP contribution in [0.3, 0.4) is 0 Å². The van der Waals surface area contributed by atoms with E-state index in [0.717, 1.165) is 12.1 Å². The lowest BCUT2D eigenvalue weighted by Gasteiger charge is -2.14. The molecule has 0 fully saturated rings. The molecular weight excluding hydrogens is 418 g/mol. The maximum absolute atomic E-state index is 13.4. The van der Waals surface area contributed by atoms with Gasteiger partial charge in [-0.2, -0.15) is 13.2 Å². The molecule has 2 rings (SSSR count). The van der Waals surface area contributed by atoms with Gasteiger partial charge in [0.2, 0.25) is 5.76 Å². The summed E-state index contributed by atoms with van der Waals surface area (Å²) in [7, 11) is 0. The van der Waals surface area contributed by atoms with Gasteiger partial charge in [-0.25, -0.2) is 9.79 Å². The van der Waals surface area contributed by atoms with Gasteiger partial charge in [-0.3, -0.25) is 0 Å². The zero-order chi connectivity index (χ0) is 20.7. The first-order valence-electron chi connectivity index (χ1n) is 7.93. The van der Waals surface area contributed by atoms with Crippen molar-refractivity contribution in [3.63, 3.8) is 0 Å². The number of alkyl halides is 3. The third kappa shape index (κ3) is 6.28. The molecule has 0 radical (unpaired) electrons. The van der Waals surface area contributed by atoms with Crippen molar-refractivity contribution in [3.8, 4) is 0 Å². The number of hydrogen-bond donors (Lipinski definition) is 0. The Kier molecular flexibility index (Phi) is 7.48. The molecule has 0 unspecified atom stereocenters. The summed E-state index contributed by atoms with van der Waals surface area (Å²) in [5, 5.41) is 0.182. The van der Waals surface area contributed by atoms with Gasteiger partial charge in [0.1, 0.15) is 0 Å². The van der Waals surface area contributed by atoms with Gasteiger partial charge in [-0.05, 0) is 36.8 Å². The second kappa shape index (κ2) is 9.61. The second-order valence-electron chi connectivity index (χ2n) is 5.25. The first-order chi connectivity index (χ1) is 13.2. The van der Waals surface area contributed by atoms with Crippen LogP contribution in [0, 0.1) is 0 Å². The average Bonchev–Trinajstić information content (AvgIpc) is 2.63. The van der Waals surface area contributed by atoms with E-state index in [1.54, 1.807) is 30.3 Å². The highest BCUT2D eigenvalue weighted by molar-refractivity contribution is 6.42. The van der Waals surface area contributed by atoms with Gasteiger partial charge < -0.3 is 9.47 Å². The minimum Gasteiger partial charge on any atom is -0.460 e. The minimum absolute atomic E-state index is 0.0230. The van der Waals surface area contributed by atoms with Crippen molar-refractivity contribution in [1.29, 1.82) is 0 Å². The molecule has 0 heterocycles. The lowest BCUT2D eigenvalue weighted by Crippen LogP contribution is -2.27. The summed E-state index contributed by atoms with van der Waals surface area (Å²) < 4.78 is 49.9. The molecule has 0 saturated heterocycles. The van der Waals surface area contributed by atoms with E-state index >= 15 is 0 Å². The Labute approximate surface area is 169 Å². The summed E-state index contributed by atoms with van der Waals surface area (Å²) in [6, 6.07) is 11.9. The van der Waals surface area contributed by atoms with Crippen molar-refractivity contribution in [2.45, 2.75) is 13.1 Å². The fraction of sp³-hybridized carbons (Fsp3) is 0.158. The van der Waals surface area contributed by atoms with Crippen LogP contribution in [0.4, 0.5) is 18.9 Å². The Hall–Kier alpha value is -2.51. The van der Waals surface area contributed by atoms with Crippen LogP contribution in [0.1, 0.15) is 12.5 Å². The second-order valence-corrected chi connectivity index (χ2v) is 6.07. The summed E-state index contributed by atoms with van der Waals surface area (Å²) in [6.45, 7) is 1.48. The summed E-state index contributed by atoms with van der Waals surface area (Å²) in [6.07, 6.45) is -3.84. The van der Waals surface area contributed by atoms with E-state index < -0.39 is 23.8 Å². The Morgan fingerprint density at radius 3 is 2.36 bits per heavy atom. The summed E-state index contributed by atoms with van der Waals surface area (Å²) in [5.41, 5.74) is 0.297. The quantitative estimate of drug-likeness (QED) is 0.186. The van der Waals surface area contributed by atoms with Crippen LogP contribution in [0.5, 0.6) is 0 Å². The Morgan fingerprint density at radius 2 is 1.79 bits per heavy atom. The van der Waals surface area contributed by atoms with Gasteiger partial charge in [-0.15, -0.1) is 0 Å². The number of hydrogen-bond acceptors (Lipinski definition) is 4. The van der Waals surface area contributed by atoms with Crippen LogP contribution < -0.4 is 0 Å². The third-order valence-corrected chi connectivity index (χ3v) is 3.90. The number of halogens is 5. The van der Waals surface area contributed by atoms with Crippen LogP contribution in [-0.4, -0.2) is 24.7 Å². The molecule has 9 heteroatoms. The van der Waals surface area contributed by atoms with Crippen LogP contribution >= 0.6 is 23.2 Å². The molecule has 2 aromatic carbocycles. The fourth-order valence-corrected chi connectivity index (χ4v) is 2.25. The molecule has 0 aliphatic heterocycles. The number of esters is 1. The Morgan fingerprint density at radius 1 is 1.11 bits per heavy atom. The molecule has 2 aromatic rings. The summed E-state index contributed by atoms with van der Waals surface area (Å²) in [5.74, 6) is -3.37. The topological polar surface area (TPSA) is 47.9 Å². The zero-order valence-corrected chi connectivity index (χ0v) is 16.0. The molecular formula is C19H14Cl2F3NO3. The lowest BCUT2D eigenvalue weighted by molar-refractivity contribution is -0.141. The van der Waals surface area contributed by atoms with E-state index in [-0.39, 0.29) is 22.3 Å². The number of carbonyl (C=O) groups is 1. The molecule has 0 amide bonds. The van der Waals surface area contributed by atoms with Crippen LogP contribution in [0.25, 0.3) is 6.08 Å². The molecule has 0 saturated carbocycles. The van der Waals surface area contributed by atoms with Crippen LogP contribution in [-0.2, 0) is 14.3 Å². The van der Waals surface area contributed by atoms with Crippen LogP contribution in [0.15, 0.2) is 59.3 Å². The fourth-order valence-electron chi connectivity index (χ4n) is 1.95. The highest BCUT2D eigenvalue weighted by atomic mass is 35.5. The maximum Gasteiger partial charge on any atom is 0.468 e. The largest absolute Gasteiger partial charge is 0.468 e. The van der Waals surface area contributed by atoms with E-state index in [2.05, 4.69) is 4.99 Å². The van der Waals surface area contributed by atoms with Crippen molar-refractivity contribution in [3.05, 3.63) is 69.9 Å². The highest BCUT2D eigenvalue weighted by Gasteiger charge is 2.40. The summed E-state index contributed by atoms with van der Waals surface area (Å²) in [4.78, 5) is 15.5. The molecule has 148 valence electrons. The molecule has 0 aliphatic rings. The van der Waals surface area contributed by atoms with Gasteiger partial charge in [0.05, 0.1) is 22.3 Å². The number of nitrogens with zero attached hydrogens (tertiary/aromatic N) is 1. The number of rotatable bonds is 5. The molecule has 0 atom stereocenters. The first-order valence-corrected chi connectivity index (χ1v) is 8.69. The highest BCUT2D eigenvalue weighted by Crippen LogP contribution is 2.29. The first kappa shape index (κ1) is 21.8. The van der Waals surface area contributed by atoms with E-state index in [0.29, 0.717) is 5.56 Å². The number of benzene rings is 2. The molecule has 0 spiro atoms. The van der Waals surface area contributed by atoms with Crippen molar-refractivity contribution in [1.82, 2.24) is 0 Å². The molecule has 0 aromatic heterocycles. The Balaban J connectivity index is 2.46. The number of carbonyl (C=O) groups excluding carboxylic acids is 1. The average molecular weight is 432 g/mol. The van der Waals surface area contributed by atoms with Crippen molar-refractivity contribution < 1.29 is 27.4 Å². The van der Waals surface area contributed by atoms with Crippen molar-refractivity contribution in [2.75, 3.05) is 6.61 Å². The molecule has 4 nitrogen and oxygen atoms in total.